The molecule has 3 rings (SSSR count). The topological polar surface area (TPSA) is 20.7 Å². The second-order valence-electron chi connectivity index (χ2n) is 4.12. The molecular formula is C13H6BrCl2FN2S. The molecule has 0 aliphatic carbocycles. The first-order valence-electron chi connectivity index (χ1n) is 5.53. The van der Waals surface area contributed by atoms with E-state index in [9.17, 15) is 4.39 Å². The highest BCUT2D eigenvalue weighted by molar-refractivity contribution is 9.10. The molecule has 102 valence electrons. The maximum absolute atomic E-state index is 13.5. The van der Waals surface area contributed by atoms with Crippen molar-refractivity contribution in [1.29, 1.82) is 0 Å². The highest BCUT2D eigenvalue weighted by Gasteiger charge is 2.13. The lowest BCUT2D eigenvalue weighted by Crippen LogP contribution is -1.95. The van der Waals surface area contributed by atoms with Crippen LogP contribution < -0.4 is 0 Å². The smallest absolute Gasteiger partial charge is 0.182 e. The van der Waals surface area contributed by atoms with Crippen molar-refractivity contribution in [3.05, 3.63) is 55.4 Å². The average molecular weight is 392 g/mol. The largest absolute Gasteiger partial charge is 0.330 e. The van der Waals surface area contributed by atoms with Gasteiger partial charge in [0.15, 0.2) is 4.77 Å². The molecule has 0 aliphatic rings. The summed E-state index contributed by atoms with van der Waals surface area (Å²) < 4.78 is 16.4. The van der Waals surface area contributed by atoms with Crippen LogP contribution in [0.2, 0.25) is 10.0 Å². The van der Waals surface area contributed by atoms with E-state index in [1.54, 1.807) is 10.6 Å². The quantitative estimate of drug-likeness (QED) is 0.512. The summed E-state index contributed by atoms with van der Waals surface area (Å²) in [5, 5.41) is 0.602. The number of hydrogen-bond donors (Lipinski definition) is 1. The van der Waals surface area contributed by atoms with Crippen LogP contribution in [0.5, 0.6) is 0 Å². The van der Waals surface area contributed by atoms with Gasteiger partial charge in [0.2, 0.25) is 0 Å². The van der Waals surface area contributed by atoms with Crippen LogP contribution in [-0.4, -0.2) is 9.55 Å². The minimum Gasteiger partial charge on any atom is -0.330 e. The van der Waals surface area contributed by atoms with Gasteiger partial charge in [-0.1, -0.05) is 29.3 Å². The van der Waals surface area contributed by atoms with Crippen molar-refractivity contribution in [3.63, 3.8) is 0 Å². The van der Waals surface area contributed by atoms with Crippen LogP contribution in [0, 0.1) is 10.6 Å². The highest BCUT2D eigenvalue weighted by atomic mass is 79.9. The maximum Gasteiger partial charge on any atom is 0.182 e. The molecule has 2 aromatic carbocycles. The Labute approximate surface area is 137 Å². The van der Waals surface area contributed by atoms with Gasteiger partial charge in [-0.05, 0) is 46.3 Å². The van der Waals surface area contributed by atoms with Crippen LogP contribution in [-0.2, 0) is 0 Å². The summed E-state index contributed by atoms with van der Waals surface area (Å²) >= 11 is 20.7. The summed E-state index contributed by atoms with van der Waals surface area (Å²) in [4.78, 5) is 2.96. The Hall–Kier alpha value is -0.880. The van der Waals surface area contributed by atoms with E-state index < -0.39 is 5.82 Å². The Morgan fingerprint density at radius 2 is 1.95 bits per heavy atom. The summed E-state index contributed by atoms with van der Waals surface area (Å²) in [7, 11) is 0. The van der Waals surface area contributed by atoms with E-state index in [0.717, 1.165) is 5.69 Å². The number of nitrogens with one attached hydrogen (secondary N) is 1. The van der Waals surface area contributed by atoms with E-state index in [4.69, 9.17) is 35.4 Å². The number of imidazole rings is 1. The van der Waals surface area contributed by atoms with Gasteiger partial charge in [0.1, 0.15) is 5.82 Å². The zero-order valence-electron chi connectivity index (χ0n) is 9.75. The molecule has 0 saturated heterocycles. The molecule has 0 amide bonds. The fourth-order valence-electron chi connectivity index (χ4n) is 2.01. The second kappa shape index (κ2) is 5.15. The molecule has 2 nitrogen and oxygen atoms in total. The Kier molecular flexibility index (Phi) is 3.62. The van der Waals surface area contributed by atoms with Crippen molar-refractivity contribution in [2.24, 2.45) is 0 Å². The number of H-pyrrole nitrogens is 1. The number of nitrogens with zero attached hydrogens (tertiary/aromatic N) is 1. The zero-order chi connectivity index (χ0) is 14.4. The molecule has 1 aromatic heterocycles. The summed E-state index contributed by atoms with van der Waals surface area (Å²) in [6.07, 6.45) is 0. The summed E-state index contributed by atoms with van der Waals surface area (Å²) in [5.41, 5.74) is 2.02. The lowest BCUT2D eigenvalue weighted by Gasteiger charge is -2.08. The van der Waals surface area contributed by atoms with Crippen LogP contribution in [0.15, 0.2) is 34.8 Å². The van der Waals surface area contributed by atoms with Crippen molar-refractivity contribution in [3.8, 4) is 5.69 Å². The predicted molar refractivity (Wildman–Crippen MR) is 86.1 cm³/mol. The zero-order valence-corrected chi connectivity index (χ0v) is 13.7. The fourth-order valence-corrected chi connectivity index (χ4v) is 3.08. The van der Waals surface area contributed by atoms with E-state index in [0.29, 0.717) is 25.3 Å². The first-order chi connectivity index (χ1) is 9.49. The van der Waals surface area contributed by atoms with Crippen LogP contribution in [0.25, 0.3) is 16.7 Å². The molecule has 20 heavy (non-hydrogen) atoms. The SMILES string of the molecule is Fc1cc2[nH]c(=S)n(-c3cccc(Cl)c3Br)c2cc1Cl. The maximum atomic E-state index is 13.5. The number of fused-ring (bicyclic) bond motifs is 1. The Bertz CT molecular complexity index is 888. The van der Waals surface area contributed by atoms with E-state index in [2.05, 4.69) is 20.9 Å². The van der Waals surface area contributed by atoms with Gasteiger partial charge in [-0.3, -0.25) is 4.57 Å². The molecule has 0 fully saturated rings. The third kappa shape index (κ3) is 2.19. The molecule has 7 heteroatoms. The number of aromatic amines is 1. The minimum absolute atomic E-state index is 0.0402. The van der Waals surface area contributed by atoms with E-state index in [1.165, 1.54) is 12.1 Å². The first-order valence-corrected chi connectivity index (χ1v) is 7.49. The monoisotopic (exact) mass is 390 g/mol. The van der Waals surface area contributed by atoms with E-state index in [1.807, 2.05) is 12.1 Å². The standard InChI is InChI=1S/C13H6BrCl2FN2S/c14-12-6(15)2-1-3-10(12)19-11-4-7(16)8(17)5-9(11)18-13(19)20/h1-5H,(H,18,20). The van der Waals surface area contributed by atoms with Gasteiger partial charge < -0.3 is 4.98 Å². The Morgan fingerprint density at radius 1 is 1.20 bits per heavy atom. The second-order valence-corrected chi connectivity index (χ2v) is 6.12. The first kappa shape index (κ1) is 14.1. The number of benzene rings is 2. The van der Waals surface area contributed by atoms with Crippen molar-refractivity contribution >= 4 is 62.4 Å². The molecule has 0 aliphatic heterocycles. The van der Waals surface area contributed by atoms with Gasteiger partial charge >= 0.3 is 0 Å². The van der Waals surface area contributed by atoms with Crippen LogP contribution in [0.1, 0.15) is 0 Å². The molecule has 0 atom stereocenters. The van der Waals surface area contributed by atoms with Crippen molar-refractivity contribution in [1.82, 2.24) is 9.55 Å². The van der Waals surface area contributed by atoms with Crippen LogP contribution >= 0.6 is 51.3 Å². The molecule has 0 spiro atoms. The highest BCUT2D eigenvalue weighted by Crippen LogP contribution is 2.32. The Morgan fingerprint density at radius 3 is 2.70 bits per heavy atom. The lowest BCUT2D eigenvalue weighted by molar-refractivity contribution is 0.630. The van der Waals surface area contributed by atoms with Gasteiger partial charge in [0.05, 0.1) is 31.2 Å². The predicted octanol–water partition coefficient (Wildman–Crippen LogP) is 5.90. The molecule has 1 heterocycles. The summed E-state index contributed by atoms with van der Waals surface area (Å²) in [6.45, 7) is 0. The lowest BCUT2D eigenvalue weighted by atomic mass is 10.2. The van der Waals surface area contributed by atoms with E-state index >= 15 is 0 Å². The normalized spacial score (nSPS) is 11.2. The molecule has 0 bridgehead atoms. The molecule has 3 aromatic rings. The van der Waals surface area contributed by atoms with Crippen molar-refractivity contribution < 1.29 is 4.39 Å². The van der Waals surface area contributed by atoms with Gasteiger partial charge in [0.25, 0.3) is 0 Å². The molecule has 0 radical (unpaired) electrons. The minimum atomic E-state index is -0.493. The molecule has 0 unspecified atom stereocenters. The summed E-state index contributed by atoms with van der Waals surface area (Å²) in [5.74, 6) is -0.493. The molecule has 0 saturated carbocycles. The number of aromatic nitrogens is 2. The number of halogens is 4. The summed E-state index contributed by atoms with van der Waals surface area (Å²) in [6, 6.07) is 8.29. The van der Waals surface area contributed by atoms with E-state index in [-0.39, 0.29) is 5.02 Å². The third-order valence-electron chi connectivity index (χ3n) is 2.90. The van der Waals surface area contributed by atoms with Gasteiger partial charge in [-0.25, -0.2) is 4.39 Å². The fraction of sp³-hybridized carbons (Fsp3) is 0. The molecule has 1 N–H and O–H groups in total. The van der Waals surface area contributed by atoms with Gasteiger partial charge in [0, 0.05) is 6.07 Å². The van der Waals surface area contributed by atoms with Crippen molar-refractivity contribution in [2.75, 3.05) is 0 Å². The molecular weight excluding hydrogens is 386 g/mol. The third-order valence-corrected chi connectivity index (χ3v) is 4.85. The van der Waals surface area contributed by atoms with Crippen molar-refractivity contribution in [2.45, 2.75) is 0 Å². The van der Waals surface area contributed by atoms with Gasteiger partial charge in [-0.2, -0.15) is 0 Å². The number of hydrogen-bond acceptors (Lipinski definition) is 1. The number of rotatable bonds is 1. The van der Waals surface area contributed by atoms with Gasteiger partial charge in [-0.15, -0.1) is 0 Å². The van der Waals surface area contributed by atoms with Crippen LogP contribution in [0.4, 0.5) is 4.39 Å². The Balaban J connectivity index is 2.42. The average Bonchev–Trinajstić information content (AvgIpc) is 2.69. The van der Waals surface area contributed by atoms with Crippen LogP contribution in [0.3, 0.4) is 0 Å².